The summed E-state index contributed by atoms with van der Waals surface area (Å²) >= 11 is 0. The Morgan fingerprint density at radius 2 is 1.48 bits per heavy atom. The lowest BCUT2D eigenvalue weighted by Crippen LogP contribution is -2.53. The molecule has 0 saturated heterocycles. The maximum absolute atomic E-state index is 14.6. The number of nitrogens with zero attached hydrogens (tertiary/aromatic N) is 1. The molecule has 9 rings (SSSR count). The smallest absolute Gasteiger partial charge is 0.408 e. The van der Waals surface area contributed by atoms with Crippen LogP contribution in [0.25, 0.3) is 33.3 Å². The Bertz CT molecular complexity index is 2400. The summed E-state index contributed by atoms with van der Waals surface area (Å²) in [6.45, 7) is 0.426. The first-order chi connectivity index (χ1) is 26.6. The Morgan fingerprint density at radius 1 is 0.815 bits per heavy atom. The van der Waals surface area contributed by atoms with Crippen LogP contribution in [-0.4, -0.2) is 45.2 Å². The third kappa shape index (κ3) is 6.43. The summed E-state index contributed by atoms with van der Waals surface area (Å²) < 4.78 is 12.2. The van der Waals surface area contributed by atoms with Gasteiger partial charge in [0, 0.05) is 35.9 Å². The topological polar surface area (TPSA) is 121 Å². The predicted molar refractivity (Wildman–Crippen MR) is 207 cm³/mol. The van der Waals surface area contributed by atoms with E-state index < -0.39 is 23.8 Å². The molecule has 9 heteroatoms. The minimum atomic E-state index is -1.34. The van der Waals surface area contributed by atoms with Gasteiger partial charge in [-0.2, -0.15) is 0 Å². The van der Waals surface area contributed by atoms with Gasteiger partial charge in [0.1, 0.15) is 12.4 Å². The number of aromatic amines is 2. The maximum Gasteiger partial charge on any atom is 0.408 e. The van der Waals surface area contributed by atoms with Crippen molar-refractivity contribution < 1.29 is 19.1 Å². The van der Waals surface area contributed by atoms with E-state index in [0.29, 0.717) is 25.3 Å². The number of H-pyrrole nitrogens is 2. The van der Waals surface area contributed by atoms with Crippen LogP contribution in [-0.2, 0) is 27.3 Å². The van der Waals surface area contributed by atoms with Gasteiger partial charge in [-0.3, -0.25) is 4.79 Å². The number of benzene rings is 5. The van der Waals surface area contributed by atoms with Crippen LogP contribution in [0.5, 0.6) is 0 Å². The second kappa shape index (κ2) is 14.2. The fourth-order valence-electron chi connectivity index (χ4n) is 7.75. The average Bonchev–Trinajstić information content (AvgIpc) is 3.52. The zero-order valence-electron chi connectivity index (χ0n) is 29.5. The number of ether oxygens (including phenoxy) is 2. The first-order valence-corrected chi connectivity index (χ1v) is 18.3. The molecule has 1 unspecified atom stereocenters. The second-order valence-corrected chi connectivity index (χ2v) is 14.0. The summed E-state index contributed by atoms with van der Waals surface area (Å²) in [7, 11) is 0. The van der Waals surface area contributed by atoms with Crippen molar-refractivity contribution in [3.8, 4) is 22.4 Å². The van der Waals surface area contributed by atoms with Gasteiger partial charge in [0.15, 0.2) is 5.54 Å². The molecule has 9 nitrogen and oxygen atoms in total. The predicted octanol–water partition coefficient (Wildman–Crippen LogP) is 8.22. The highest BCUT2D eigenvalue weighted by Crippen LogP contribution is 2.45. The van der Waals surface area contributed by atoms with E-state index in [1.807, 2.05) is 109 Å². The van der Waals surface area contributed by atoms with Crippen molar-refractivity contribution in [2.45, 2.75) is 43.1 Å². The fourth-order valence-corrected chi connectivity index (χ4v) is 7.75. The molecule has 0 radical (unpaired) electrons. The SMILES string of the molecule is O=C(NC1(C(=O)N[C@H](Cc2c[nH]c3ccccc23)c2ncc(-c3ccccc3)[nH]2)C[C@@H]1OCc1ccccc1)OCC1c2ccccc2-c2ccccc21. The maximum atomic E-state index is 14.6. The highest BCUT2D eigenvalue weighted by molar-refractivity contribution is 5.94. The Morgan fingerprint density at radius 3 is 2.24 bits per heavy atom. The first-order valence-electron chi connectivity index (χ1n) is 18.3. The molecule has 3 atom stereocenters. The number of carbonyl (C=O) groups is 2. The van der Waals surface area contributed by atoms with Crippen LogP contribution in [0.2, 0.25) is 0 Å². The van der Waals surface area contributed by atoms with E-state index in [-0.39, 0.29) is 18.4 Å². The molecule has 1 fully saturated rings. The average molecular weight is 714 g/mol. The third-order valence-electron chi connectivity index (χ3n) is 10.7. The molecule has 2 heterocycles. The van der Waals surface area contributed by atoms with Gasteiger partial charge in [-0.15, -0.1) is 0 Å². The zero-order valence-corrected chi connectivity index (χ0v) is 29.5. The van der Waals surface area contributed by atoms with Gasteiger partial charge in [0.05, 0.1) is 30.6 Å². The number of para-hydroxylation sites is 1. The van der Waals surface area contributed by atoms with Crippen molar-refractivity contribution in [3.05, 3.63) is 174 Å². The summed E-state index contributed by atoms with van der Waals surface area (Å²) in [5, 5.41) is 7.29. The van der Waals surface area contributed by atoms with Crippen molar-refractivity contribution >= 4 is 22.9 Å². The molecule has 2 aromatic heterocycles. The van der Waals surface area contributed by atoms with Crippen LogP contribution in [0.1, 0.15) is 46.5 Å². The normalized spacial score (nSPS) is 17.7. The first kappa shape index (κ1) is 33.4. The lowest BCUT2D eigenvalue weighted by Gasteiger charge is -2.24. The number of rotatable bonds is 12. The molecular weight excluding hydrogens is 675 g/mol. The molecule has 0 aliphatic heterocycles. The number of fused-ring (bicyclic) bond motifs is 4. The Balaban J connectivity index is 0.979. The van der Waals surface area contributed by atoms with Gasteiger partial charge < -0.3 is 30.1 Å². The van der Waals surface area contributed by atoms with Crippen molar-refractivity contribution in [2.75, 3.05) is 6.61 Å². The van der Waals surface area contributed by atoms with Crippen LogP contribution in [0.4, 0.5) is 4.79 Å². The summed E-state index contributed by atoms with van der Waals surface area (Å²) in [6, 6.07) is 43.7. The molecule has 0 bridgehead atoms. The van der Waals surface area contributed by atoms with Gasteiger partial charge in [-0.05, 0) is 45.0 Å². The number of aromatic nitrogens is 3. The van der Waals surface area contributed by atoms with Crippen molar-refractivity contribution in [1.29, 1.82) is 0 Å². The van der Waals surface area contributed by atoms with E-state index in [0.717, 1.165) is 55.5 Å². The number of imidazole rings is 1. The van der Waals surface area contributed by atoms with E-state index in [9.17, 15) is 9.59 Å². The monoisotopic (exact) mass is 713 g/mol. The van der Waals surface area contributed by atoms with Gasteiger partial charge in [0.25, 0.3) is 0 Å². The van der Waals surface area contributed by atoms with E-state index in [1.165, 1.54) is 0 Å². The highest BCUT2D eigenvalue weighted by atomic mass is 16.6. The van der Waals surface area contributed by atoms with E-state index in [4.69, 9.17) is 14.5 Å². The summed E-state index contributed by atoms with van der Waals surface area (Å²) in [6.07, 6.45) is 3.27. The molecule has 1 saturated carbocycles. The summed E-state index contributed by atoms with van der Waals surface area (Å²) in [5.41, 5.74) is 8.00. The molecule has 268 valence electrons. The largest absolute Gasteiger partial charge is 0.449 e. The van der Waals surface area contributed by atoms with E-state index in [1.54, 1.807) is 6.20 Å². The quantitative estimate of drug-likeness (QED) is 0.102. The number of hydrogen-bond acceptors (Lipinski definition) is 5. The molecular formula is C45H39N5O4. The molecule has 5 aromatic carbocycles. The molecule has 0 spiro atoms. The number of hydrogen-bond donors (Lipinski definition) is 4. The van der Waals surface area contributed by atoms with Gasteiger partial charge in [0.2, 0.25) is 5.91 Å². The number of amides is 2. The highest BCUT2D eigenvalue weighted by Gasteiger charge is 2.63. The minimum absolute atomic E-state index is 0.115. The van der Waals surface area contributed by atoms with Gasteiger partial charge >= 0.3 is 6.09 Å². The number of carbonyl (C=O) groups excluding carboxylic acids is 2. The van der Waals surface area contributed by atoms with E-state index in [2.05, 4.69) is 50.9 Å². The van der Waals surface area contributed by atoms with Crippen LogP contribution < -0.4 is 10.6 Å². The minimum Gasteiger partial charge on any atom is -0.449 e. The molecule has 2 aliphatic rings. The van der Waals surface area contributed by atoms with Crippen molar-refractivity contribution in [1.82, 2.24) is 25.6 Å². The van der Waals surface area contributed by atoms with E-state index >= 15 is 0 Å². The van der Waals surface area contributed by atoms with Crippen molar-refractivity contribution in [3.63, 3.8) is 0 Å². The Kier molecular flexibility index (Phi) is 8.76. The third-order valence-corrected chi connectivity index (χ3v) is 10.7. The molecule has 2 amide bonds. The number of nitrogens with one attached hydrogen (secondary N) is 4. The molecule has 54 heavy (non-hydrogen) atoms. The lowest BCUT2D eigenvalue weighted by molar-refractivity contribution is -0.126. The van der Waals surface area contributed by atoms with Gasteiger partial charge in [-0.1, -0.05) is 127 Å². The van der Waals surface area contributed by atoms with Crippen LogP contribution in [0.3, 0.4) is 0 Å². The zero-order chi connectivity index (χ0) is 36.5. The summed E-state index contributed by atoms with van der Waals surface area (Å²) in [5.74, 6) is 0.123. The van der Waals surface area contributed by atoms with Crippen LogP contribution >= 0.6 is 0 Å². The molecule has 2 aliphatic carbocycles. The summed E-state index contributed by atoms with van der Waals surface area (Å²) in [4.78, 5) is 39.9. The standard InChI is InChI=1S/C45H39N5O4/c51-43(49-39(23-31-25-46-38-22-12-11-17-32(31)38)42-47-26-40(48-42)30-15-5-2-6-16-30)45(24-41(45)53-27-29-13-3-1-4-14-29)50-44(52)54-28-37-35-20-9-7-18-33(35)34-19-8-10-21-36(34)37/h1-22,25-26,37,39,41,46H,23-24,27-28H2,(H,47,48)(H,49,51)(H,50,52)/t39-,41+,45?/m1/s1. The van der Waals surface area contributed by atoms with Gasteiger partial charge in [-0.25, -0.2) is 9.78 Å². The lowest BCUT2D eigenvalue weighted by atomic mass is 9.98. The molecule has 7 aromatic rings. The number of alkyl carbamates (subject to hydrolysis) is 1. The van der Waals surface area contributed by atoms with Crippen LogP contribution in [0.15, 0.2) is 146 Å². The van der Waals surface area contributed by atoms with Crippen molar-refractivity contribution in [2.24, 2.45) is 0 Å². The fraction of sp³-hybridized carbons (Fsp3) is 0.178. The Labute approximate surface area is 312 Å². The van der Waals surface area contributed by atoms with Crippen LogP contribution in [0, 0.1) is 0 Å². The Hall–Kier alpha value is -6.45. The second-order valence-electron chi connectivity index (χ2n) is 14.0. The molecule has 4 N–H and O–H groups in total.